The lowest BCUT2D eigenvalue weighted by Gasteiger charge is -2.31. The van der Waals surface area contributed by atoms with E-state index in [1.165, 1.54) is 10.7 Å². The number of benzene rings is 1. The number of hydrogen-bond donors (Lipinski definition) is 0. The summed E-state index contributed by atoms with van der Waals surface area (Å²) in [6.07, 6.45) is 4.08. The topological polar surface area (TPSA) is 75.6 Å². The first kappa shape index (κ1) is 20.1. The zero-order chi connectivity index (χ0) is 20.4. The summed E-state index contributed by atoms with van der Waals surface area (Å²) in [5.74, 6) is 1.94. The molecule has 29 heavy (non-hydrogen) atoms. The number of ether oxygens (including phenoxy) is 1. The zero-order valence-electron chi connectivity index (χ0n) is 17.1. The summed E-state index contributed by atoms with van der Waals surface area (Å²) in [6.45, 7) is 6.29. The molecule has 2 aromatic rings. The molecule has 1 aromatic carbocycles. The number of piperidine rings is 1. The Morgan fingerprint density at radius 3 is 2.45 bits per heavy atom. The molecule has 0 spiro atoms. The number of aromatic nitrogens is 2. The molecule has 3 heterocycles. The largest absolute Gasteiger partial charge is 0.439 e. The summed E-state index contributed by atoms with van der Waals surface area (Å²) in [5, 5.41) is 0. The molecule has 2 aliphatic heterocycles. The predicted octanol–water partition coefficient (Wildman–Crippen LogP) is 3.28. The van der Waals surface area contributed by atoms with Crippen LogP contribution in [0, 0.1) is 6.92 Å². The fourth-order valence-corrected chi connectivity index (χ4v) is 4.86. The van der Waals surface area contributed by atoms with Gasteiger partial charge < -0.3 is 9.64 Å². The third-order valence-electron chi connectivity index (χ3n) is 5.61. The maximum Gasteiger partial charge on any atom is 0.228 e. The number of fused-ring (bicyclic) bond motifs is 1. The van der Waals surface area contributed by atoms with Crippen molar-refractivity contribution >= 4 is 16.0 Å². The van der Waals surface area contributed by atoms with Crippen molar-refractivity contribution in [2.75, 3.05) is 30.3 Å². The van der Waals surface area contributed by atoms with E-state index in [1.807, 2.05) is 31.2 Å². The van der Waals surface area contributed by atoms with Gasteiger partial charge in [0.1, 0.15) is 5.75 Å². The van der Waals surface area contributed by atoms with Crippen molar-refractivity contribution in [3.05, 3.63) is 41.1 Å². The number of aryl methyl sites for hydroxylation is 1. The van der Waals surface area contributed by atoms with Crippen LogP contribution >= 0.6 is 0 Å². The smallest absolute Gasteiger partial charge is 0.228 e. The molecule has 0 radical (unpaired) electrons. The Morgan fingerprint density at radius 2 is 1.76 bits per heavy atom. The molecule has 0 saturated carbocycles. The highest BCUT2D eigenvalue weighted by Gasteiger charge is 2.30. The Labute approximate surface area is 172 Å². The van der Waals surface area contributed by atoms with Gasteiger partial charge >= 0.3 is 0 Å². The van der Waals surface area contributed by atoms with Crippen LogP contribution < -0.4 is 9.64 Å². The standard InChI is InChI=1S/C21H28N4O3S/c1-3-29(26,27)25-14-11-19-18(15-25)20(28-17-9-7-16(2)8-10-17)23-21(22-19)24-12-5-4-6-13-24/h7-10H,3-6,11-15H2,1-2H3. The SMILES string of the molecule is CCS(=O)(=O)N1CCc2nc(N3CCCCC3)nc(Oc3ccc(C)cc3)c2C1. The van der Waals surface area contributed by atoms with Crippen LogP contribution in [-0.2, 0) is 23.0 Å². The summed E-state index contributed by atoms with van der Waals surface area (Å²) in [6, 6.07) is 7.80. The minimum atomic E-state index is -3.28. The van der Waals surface area contributed by atoms with E-state index in [0.717, 1.165) is 42.8 Å². The normalized spacial score (nSPS) is 17.8. The number of hydrogen-bond acceptors (Lipinski definition) is 6. The molecule has 2 aliphatic rings. The Bertz CT molecular complexity index is 970. The molecule has 0 N–H and O–H groups in total. The van der Waals surface area contributed by atoms with E-state index >= 15 is 0 Å². The molecule has 1 fully saturated rings. The molecule has 0 atom stereocenters. The third kappa shape index (κ3) is 4.38. The third-order valence-corrected chi connectivity index (χ3v) is 7.44. The molecule has 1 saturated heterocycles. The van der Waals surface area contributed by atoms with Crippen LogP contribution in [-0.4, -0.2) is 48.1 Å². The molecule has 156 valence electrons. The maximum atomic E-state index is 12.4. The van der Waals surface area contributed by atoms with Gasteiger partial charge in [0, 0.05) is 32.6 Å². The van der Waals surface area contributed by atoms with Crippen molar-refractivity contribution in [3.8, 4) is 11.6 Å². The van der Waals surface area contributed by atoms with Crippen LogP contribution in [0.2, 0.25) is 0 Å². The van der Waals surface area contributed by atoms with Gasteiger partial charge in [0.15, 0.2) is 0 Å². The van der Waals surface area contributed by atoms with Crippen molar-refractivity contribution in [1.82, 2.24) is 14.3 Å². The van der Waals surface area contributed by atoms with Crippen molar-refractivity contribution in [2.24, 2.45) is 0 Å². The number of anilines is 1. The van der Waals surface area contributed by atoms with Gasteiger partial charge in [0.05, 0.1) is 17.0 Å². The summed E-state index contributed by atoms with van der Waals surface area (Å²) in [7, 11) is -3.28. The highest BCUT2D eigenvalue weighted by atomic mass is 32.2. The Balaban J connectivity index is 1.72. The quantitative estimate of drug-likeness (QED) is 0.745. The summed E-state index contributed by atoms with van der Waals surface area (Å²) >= 11 is 0. The summed E-state index contributed by atoms with van der Waals surface area (Å²) in [4.78, 5) is 11.8. The average Bonchev–Trinajstić information content (AvgIpc) is 2.75. The fraction of sp³-hybridized carbons (Fsp3) is 0.524. The average molecular weight is 417 g/mol. The first-order chi connectivity index (χ1) is 14.0. The lowest BCUT2D eigenvalue weighted by Crippen LogP contribution is -2.38. The van der Waals surface area contributed by atoms with Crippen molar-refractivity contribution in [3.63, 3.8) is 0 Å². The van der Waals surface area contributed by atoms with Gasteiger partial charge in [-0.3, -0.25) is 0 Å². The van der Waals surface area contributed by atoms with Gasteiger partial charge in [0.2, 0.25) is 21.9 Å². The van der Waals surface area contributed by atoms with Crippen LogP contribution in [0.5, 0.6) is 11.6 Å². The van der Waals surface area contributed by atoms with Crippen molar-refractivity contribution < 1.29 is 13.2 Å². The molecule has 0 unspecified atom stereocenters. The molecule has 0 aliphatic carbocycles. The second kappa shape index (κ2) is 8.28. The van der Waals surface area contributed by atoms with E-state index in [2.05, 4.69) is 4.90 Å². The van der Waals surface area contributed by atoms with Crippen LogP contribution in [0.4, 0.5) is 5.95 Å². The Morgan fingerprint density at radius 1 is 1.03 bits per heavy atom. The van der Waals surface area contributed by atoms with E-state index in [9.17, 15) is 8.42 Å². The molecule has 0 bridgehead atoms. The predicted molar refractivity (Wildman–Crippen MR) is 113 cm³/mol. The van der Waals surface area contributed by atoms with Crippen LogP contribution in [0.3, 0.4) is 0 Å². The molecule has 0 amide bonds. The Hall–Kier alpha value is -2.19. The van der Waals surface area contributed by atoms with Gasteiger partial charge in [-0.05, 0) is 45.2 Å². The first-order valence-corrected chi connectivity index (χ1v) is 11.9. The zero-order valence-corrected chi connectivity index (χ0v) is 17.9. The van der Waals surface area contributed by atoms with Gasteiger partial charge in [-0.25, -0.2) is 13.4 Å². The minimum Gasteiger partial charge on any atom is -0.439 e. The number of sulfonamides is 1. The molecule has 1 aromatic heterocycles. The maximum absolute atomic E-state index is 12.4. The van der Waals surface area contributed by atoms with E-state index in [4.69, 9.17) is 14.7 Å². The monoisotopic (exact) mass is 416 g/mol. The van der Waals surface area contributed by atoms with Crippen molar-refractivity contribution in [2.45, 2.75) is 46.1 Å². The second-order valence-electron chi connectivity index (χ2n) is 7.70. The van der Waals surface area contributed by atoms with Gasteiger partial charge in [-0.1, -0.05) is 17.7 Å². The minimum absolute atomic E-state index is 0.0865. The van der Waals surface area contributed by atoms with Crippen LogP contribution in [0.1, 0.15) is 43.0 Å². The first-order valence-electron chi connectivity index (χ1n) is 10.3. The Kier molecular flexibility index (Phi) is 5.74. The summed E-state index contributed by atoms with van der Waals surface area (Å²) in [5.41, 5.74) is 2.82. The lowest BCUT2D eigenvalue weighted by atomic mass is 10.1. The summed E-state index contributed by atoms with van der Waals surface area (Å²) < 4.78 is 32.5. The van der Waals surface area contributed by atoms with E-state index in [1.54, 1.807) is 6.92 Å². The van der Waals surface area contributed by atoms with Crippen LogP contribution in [0.15, 0.2) is 24.3 Å². The molecule has 4 rings (SSSR count). The second-order valence-corrected chi connectivity index (χ2v) is 9.96. The van der Waals surface area contributed by atoms with Gasteiger partial charge in [-0.2, -0.15) is 9.29 Å². The van der Waals surface area contributed by atoms with Crippen LogP contribution in [0.25, 0.3) is 0 Å². The van der Waals surface area contributed by atoms with E-state index in [-0.39, 0.29) is 12.3 Å². The lowest BCUT2D eigenvalue weighted by molar-refractivity contribution is 0.369. The molecule has 8 heteroatoms. The van der Waals surface area contributed by atoms with E-state index in [0.29, 0.717) is 30.5 Å². The van der Waals surface area contributed by atoms with Gasteiger partial charge in [-0.15, -0.1) is 0 Å². The molecular formula is C21H28N4O3S. The van der Waals surface area contributed by atoms with Gasteiger partial charge in [0.25, 0.3) is 0 Å². The fourth-order valence-electron chi connectivity index (χ4n) is 3.80. The molecule has 7 nitrogen and oxygen atoms in total. The van der Waals surface area contributed by atoms with E-state index < -0.39 is 10.0 Å². The highest BCUT2D eigenvalue weighted by Crippen LogP contribution is 2.33. The number of nitrogens with zero attached hydrogens (tertiary/aromatic N) is 4. The number of rotatable bonds is 5. The highest BCUT2D eigenvalue weighted by molar-refractivity contribution is 7.89. The van der Waals surface area contributed by atoms with Crippen molar-refractivity contribution in [1.29, 1.82) is 0 Å². The molecular weight excluding hydrogens is 388 g/mol.